The van der Waals surface area contributed by atoms with Gasteiger partial charge in [-0.25, -0.2) is 9.79 Å². The van der Waals surface area contributed by atoms with Gasteiger partial charge < -0.3 is 23.7 Å². The number of carbonyl (C=O) groups excluding carboxylic acids is 1. The van der Waals surface area contributed by atoms with Gasteiger partial charge in [0.1, 0.15) is 0 Å². The fourth-order valence-electron chi connectivity index (χ4n) is 4.61. The molecule has 2 aromatic carbocycles. The quantitative estimate of drug-likeness (QED) is 0.256. The molecule has 4 rings (SSSR count). The number of thiazole rings is 1. The third-order valence-electron chi connectivity index (χ3n) is 6.64. The first-order chi connectivity index (χ1) is 19.4. The third kappa shape index (κ3) is 5.77. The molecule has 1 aliphatic rings. The molecule has 0 radical (unpaired) electrons. The van der Waals surface area contributed by atoms with E-state index in [0.717, 1.165) is 24.8 Å². The van der Waals surface area contributed by atoms with E-state index in [1.807, 2.05) is 18.2 Å². The number of hydrogen-bond donors (Lipinski definition) is 0. The standard InChI is InChI=1S/C30H34N2O7S/c1-7-8-9-14-39-22-13-11-20(17-24(22)37-5)27-26(29(34)38-6)18(2)31-30-32(27)28(33)25(40-30)16-19-10-12-21(35-3)23(15-19)36-4/h10-13,15-17,27H,7-9,14H2,1-6H3. The molecule has 2 heterocycles. The van der Waals surface area contributed by atoms with Gasteiger partial charge in [-0.15, -0.1) is 0 Å². The first-order valence-electron chi connectivity index (χ1n) is 13.0. The molecule has 0 bridgehead atoms. The predicted molar refractivity (Wildman–Crippen MR) is 153 cm³/mol. The summed E-state index contributed by atoms with van der Waals surface area (Å²) < 4.78 is 29.4. The van der Waals surface area contributed by atoms with Gasteiger partial charge in [0.2, 0.25) is 0 Å². The molecule has 10 heteroatoms. The molecule has 1 atom stereocenters. The Morgan fingerprint density at radius 2 is 1.68 bits per heavy atom. The Kier molecular flexibility index (Phi) is 9.31. The second kappa shape index (κ2) is 12.9. The van der Waals surface area contributed by atoms with Crippen molar-refractivity contribution in [3.05, 3.63) is 78.5 Å². The van der Waals surface area contributed by atoms with E-state index in [1.54, 1.807) is 52.5 Å². The molecule has 9 nitrogen and oxygen atoms in total. The van der Waals surface area contributed by atoms with Gasteiger partial charge in [-0.05, 0) is 54.8 Å². The lowest BCUT2D eigenvalue weighted by Crippen LogP contribution is -2.39. The van der Waals surface area contributed by atoms with Gasteiger partial charge in [0.15, 0.2) is 27.8 Å². The van der Waals surface area contributed by atoms with Crippen LogP contribution in [-0.2, 0) is 9.53 Å². The van der Waals surface area contributed by atoms with Crippen molar-refractivity contribution in [3.8, 4) is 23.0 Å². The number of ether oxygens (including phenoxy) is 5. The zero-order chi connectivity index (χ0) is 28.8. The maximum Gasteiger partial charge on any atom is 0.338 e. The van der Waals surface area contributed by atoms with E-state index in [-0.39, 0.29) is 11.1 Å². The van der Waals surface area contributed by atoms with Gasteiger partial charge in [0.05, 0.1) is 56.9 Å². The molecule has 0 saturated carbocycles. The summed E-state index contributed by atoms with van der Waals surface area (Å²) in [6, 6.07) is 10.1. The lowest BCUT2D eigenvalue weighted by Gasteiger charge is -2.25. The first kappa shape index (κ1) is 28.9. The lowest BCUT2D eigenvalue weighted by molar-refractivity contribution is -0.136. The molecule has 1 aliphatic heterocycles. The molecule has 0 amide bonds. The van der Waals surface area contributed by atoms with Gasteiger partial charge in [0.25, 0.3) is 5.56 Å². The largest absolute Gasteiger partial charge is 0.493 e. The topological polar surface area (TPSA) is 97.6 Å². The first-order valence-corrected chi connectivity index (χ1v) is 13.8. The van der Waals surface area contributed by atoms with Gasteiger partial charge >= 0.3 is 5.97 Å². The molecular formula is C30H34N2O7S. The number of hydrogen-bond acceptors (Lipinski definition) is 9. The summed E-state index contributed by atoms with van der Waals surface area (Å²) >= 11 is 1.25. The molecule has 1 unspecified atom stereocenters. The molecule has 40 heavy (non-hydrogen) atoms. The number of aromatic nitrogens is 1. The molecule has 0 saturated heterocycles. The highest BCUT2D eigenvalue weighted by atomic mass is 32.1. The van der Waals surface area contributed by atoms with Crippen LogP contribution in [0.1, 0.15) is 50.3 Å². The highest BCUT2D eigenvalue weighted by Gasteiger charge is 2.33. The number of esters is 1. The maximum absolute atomic E-state index is 13.9. The minimum atomic E-state index is -0.765. The van der Waals surface area contributed by atoms with Crippen LogP contribution in [0.2, 0.25) is 0 Å². The van der Waals surface area contributed by atoms with Crippen LogP contribution < -0.4 is 33.8 Å². The fraction of sp³-hybridized carbons (Fsp3) is 0.367. The minimum Gasteiger partial charge on any atom is -0.493 e. The zero-order valence-electron chi connectivity index (χ0n) is 23.6. The van der Waals surface area contributed by atoms with Crippen molar-refractivity contribution >= 4 is 23.4 Å². The Bertz CT molecular complexity index is 1600. The Balaban J connectivity index is 1.85. The lowest BCUT2D eigenvalue weighted by atomic mass is 9.95. The molecular weight excluding hydrogens is 532 g/mol. The highest BCUT2D eigenvalue weighted by Crippen LogP contribution is 2.36. The summed E-state index contributed by atoms with van der Waals surface area (Å²) in [5.74, 6) is 1.70. The van der Waals surface area contributed by atoms with Gasteiger partial charge in [-0.3, -0.25) is 9.36 Å². The summed E-state index contributed by atoms with van der Waals surface area (Å²) in [5.41, 5.74) is 1.91. The van der Waals surface area contributed by atoms with Crippen LogP contribution >= 0.6 is 11.3 Å². The second-order valence-corrected chi connectivity index (χ2v) is 10.2. The molecule has 0 N–H and O–H groups in total. The number of rotatable bonds is 11. The molecule has 212 valence electrons. The van der Waals surface area contributed by atoms with Crippen molar-refractivity contribution in [1.29, 1.82) is 0 Å². The number of allylic oxidation sites excluding steroid dienone is 1. The Hall–Kier alpha value is -4.05. The molecule has 3 aromatic rings. The van der Waals surface area contributed by atoms with Crippen LogP contribution in [0.4, 0.5) is 0 Å². The Morgan fingerprint density at radius 1 is 0.975 bits per heavy atom. The zero-order valence-corrected chi connectivity index (χ0v) is 24.4. The van der Waals surface area contributed by atoms with Gasteiger partial charge in [0, 0.05) is 0 Å². The molecule has 0 spiro atoms. The monoisotopic (exact) mass is 566 g/mol. The van der Waals surface area contributed by atoms with E-state index in [2.05, 4.69) is 11.9 Å². The fourth-order valence-corrected chi connectivity index (χ4v) is 5.66. The minimum absolute atomic E-state index is 0.281. The van der Waals surface area contributed by atoms with Crippen LogP contribution in [0.5, 0.6) is 23.0 Å². The van der Waals surface area contributed by atoms with Crippen molar-refractivity contribution in [1.82, 2.24) is 4.57 Å². The average molecular weight is 567 g/mol. The number of unbranched alkanes of at least 4 members (excludes halogenated alkanes) is 2. The van der Waals surface area contributed by atoms with Gasteiger partial charge in [-0.1, -0.05) is 43.2 Å². The SMILES string of the molecule is CCCCCOc1ccc(C2C(C(=O)OC)=C(C)N=c3sc(=Cc4ccc(OC)c(OC)c4)c(=O)n32)cc1OC. The summed E-state index contributed by atoms with van der Waals surface area (Å²) in [4.78, 5) is 31.9. The Morgan fingerprint density at radius 3 is 2.35 bits per heavy atom. The van der Waals surface area contributed by atoms with Crippen molar-refractivity contribution < 1.29 is 28.5 Å². The van der Waals surface area contributed by atoms with Crippen LogP contribution in [0, 0.1) is 0 Å². The summed E-state index contributed by atoms with van der Waals surface area (Å²) in [6.07, 6.45) is 4.88. The number of nitrogens with zero attached hydrogens (tertiary/aromatic N) is 2. The number of benzene rings is 2. The van der Waals surface area contributed by atoms with E-state index in [0.29, 0.717) is 50.2 Å². The van der Waals surface area contributed by atoms with Crippen molar-refractivity contribution in [2.75, 3.05) is 35.0 Å². The summed E-state index contributed by atoms with van der Waals surface area (Å²) in [7, 11) is 6.00. The summed E-state index contributed by atoms with van der Waals surface area (Å²) in [5, 5.41) is 0. The van der Waals surface area contributed by atoms with Crippen molar-refractivity contribution in [2.45, 2.75) is 39.2 Å². The maximum atomic E-state index is 13.9. The summed E-state index contributed by atoms with van der Waals surface area (Å²) in [6.45, 7) is 4.45. The van der Waals surface area contributed by atoms with Crippen LogP contribution in [0.25, 0.3) is 6.08 Å². The molecule has 1 aromatic heterocycles. The van der Waals surface area contributed by atoms with Gasteiger partial charge in [-0.2, -0.15) is 0 Å². The number of carbonyl (C=O) groups is 1. The predicted octanol–water partition coefficient (Wildman–Crippen LogP) is 4.00. The van der Waals surface area contributed by atoms with E-state index in [4.69, 9.17) is 23.7 Å². The van der Waals surface area contributed by atoms with Crippen LogP contribution in [0.3, 0.4) is 0 Å². The van der Waals surface area contributed by atoms with E-state index >= 15 is 0 Å². The van der Waals surface area contributed by atoms with Crippen LogP contribution in [0.15, 0.2) is 57.5 Å². The van der Waals surface area contributed by atoms with E-state index in [1.165, 1.54) is 23.0 Å². The Labute approximate surface area is 236 Å². The molecule has 0 aliphatic carbocycles. The number of methoxy groups -OCH3 is 4. The molecule has 0 fully saturated rings. The smallest absolute Gasteiger partial charge is 0.338 e. The second-order valence-electron chi connectivity index (χ2n) is 9.15. The number of fused-ring (bicyclic) bond motifs is 1. The van der Waals surface area contributed by atoms with E-state index in [9.17, 15) is 9.59 Å². The van der Waals surface area contributed by atoms with Crippen LogP contribution in [-0.4, -0.2) is 45.6 Å². The third-order valence-corrected chi connectivity index (χ3v) is 7.62. The average Bonchev–Trinajstić information content (AvgIpc) is 3.27. The van der Waals surface area contributed by atoms with Crippen molar-refractivity contribution in [2.24, 2.45) is 4.99 Å². The van der Waals surface area contributed by atoms with Crippen molar-refractivity contribution in [3.63, 3.8) is 0 Å². The normalized spacial score (nSPS) is 14.8. The van der Waals surface area contributed by atoms with E-state index < -0.39 is 12.0 Å². The highest BCUT2D eigenvalue weighted by molar-refractivity contribution is 7.07.